The third-order valence-electron chi connectivity index (χ3n) is 4.80. The van der Waals surface area contributed by atoms with Crippen LogP contribution in [0.15, 0.2) is 41.2 Å². The van der Waals surface area contributed by atoms with Crippen LogP contribution in [0.25, 0.3) is 22.2 Å². The van der Waals surface area contributed by atoms with Gasteiger partial charge in [-0.3, -0.25) is 9.13 Å². The van der Waals surface area contributed by atoms with E-state index in [-0.39, 0.29) is 11.1 Å². The molecule has 2 heterocycles. The summed E-state index contributed by atoms with van der Waals surface area (Å²) in [6, 6.07) is 12.6. The Bertz CT molecular complexity index is 1020. The van der Waals surface area contributed by atoms with Gasteiger partial charge in [-0.25, -0.2) is 4.79 Å². The van der Waals surface area contributed by atoms with Crippen LogP contribution in [0, 0.1) is 5.41 Å². The Morgan fingerprint density at radius 1 is 1.04 bits per heavy atom. The molecule has 4 nitrogen and oxygen atoms in total. The molecule has 0 saturated heterocycles. The highest BCUT2D eigenvalue weighted by Gasteiger charge is 2.18. The average molecular weight is 336 g/mol. The van der Waals surface area contributed by atoms with Crippen LogP contribution in [0.3, 0.4) is 0 Å². The summed E-state index contributed by atoms with van der Waals surface area (Å²) in [5, 5.41) is 0. The first-order valence-corrected chi connectivity index (χ1v) is 8.79. The smallest absolute Gasteiger partial charge is 0.328 e. The van der Waals surface area contributed by atoms with Gasteiger partial charge < -0.3 is 4.74 Å². The predicted molar refractivity (Wildman–Crippen MR) is 101 cm³/mol. The van der Waals surface area contributed by atoms with E-state index in [1.54, 1.807) is 4.57 Å². The number of aryl methyl sites for hydroxylation is 1. The minimum absolute atomic E-state index is 0.0458. The van der Waals surface area contributed by atoms with Gasteiger partial charge in [0.2, 0.25) is 0 Å². The van der Waals surface area contributed by atoms with E-state index in [2.05, 4.69) is 51.1 Å². The van der Waals surface area contributed by atoms with Gasteiger partial charge in [-0.05, 0) is 46.4 Å². The molecule has 0 atom stereocenters. The Balaban J connectivity index is 1.84. The normalized spacial score (nSPS) is 13.9. The van der Waals surface area contributed by atoms with Gasteiger partial charge in [-0.2, -0.15) is 0 Å². The molecule has 0 spiro atoms. The summed E-state index contributed by atoms with van der Waals surface area (Å²) in [4.78, 5) is 12.7. The Kier molecular flexibility index (Phi) is 3.53. The summed E-state index contributed by atoms with van der Waals surface area (Å²) in [6.45, 7) is 7.93. The number of ether oxygens (including phenoxy) is 1. The van der Waals surface area contributed by atoms with Crippen molar-refractivity contribution in [3.63, 3.8) is 0 Å². The lowest BCUT2D eigenvalue weighted by atomic mass is 9.97. The highest BCUT2D eigenvalue weighted by molar-refractivity contribution is 5.83. The summed E-state index contributed by atoms with van der Waals surface area (Å²) >= 11 is 0. The van der Waals surface area contributed by atoms with E-state index < -0.39 is 0 Å². The first-order chi connectivity index (χ1) is 11.8. The molecule has 0 radical (unpaired) electrons. The zero-order chi connectivity index (χ0) is 17.8. The fourth-order valence-electron chi connectivity index (χ4n) is 3.58. The third-order valence-corrected chi connectivity index (χ3v) is 4.80. The minimum Gasteiger partial charge on any atom is -0.493 e. The van der Waals surface area contributed by atoms with Crippen LogP contribution < -0.4 is 10.4 Å². The van der Waals surface area contributed by atoms with Crippen molar-refractivity contribution in [2.45, 2.75) is 33.7 Å². The number of hydrogen-bond donors (Lipinski definition) is 0. The maximum atomic E-state index is 12.7. The van der Waals surface area contributed by atoms with E-state index in [9.17, 15) is 4.79 Å². The minimum atomic E-state index is 0.0458. The number of benzene rings is 2. The van der Waals surface area contributed by atoms with Gasteiger partial charge in [-0.1, -0.05) is 32.9 Å². The highest BCUT2D eigenvalue weighted by atomic mass is 16.5. The largest absolute Gasteiger partial charge is 0.493 e. The summed E-state index contributed by atoms with van der Waals surface area (Å²) in [6.07, 6.45) is 0.964. The van der Waals surface area contributed by atoms with Crippen molar-refractivity contribution >= 4 is 11.0 Å². The van der Waals surface area contributed by atoms with Gasteiger partial charge in [0.25, 0.3) is 0 Å². The molecule has 0 unspecified atom stereocenters. The van der Waals surface area contributed by atoms with Crippen molar-refractivity contribution < 1.29 is 4.74 Å². The van der Waals surface area contributed by atoms with E-state index in [0.717, 1.165) is 35.4 Å². The first-order valence-electron chi connectivity index (χ1n) is 8.79. The van der Waals surface area contributed by atoms with Gasteiger partial charge in [0.15, 0.2) is 0 Å². The lowest BCUT2D eigenvalue weighted by molar-refractivity contribution is 0.342. The Labute approximate surface area is 147 Å². The van der Waals surface area contributed by atoms with E-state index in [4.69, 9.17) is 4.74 Å². The molecule has 4 rings (SSSR count). The second-order valence-electron chi connectivity index (χ2n) is 8.11. The van der Waals surface area contributed by atoms with Crippen LogP contribution in [-0.4, -0.2) is 15.7 Å². The van der Waals surface area contributed by atoms with Crippen LogP contribution in [0.1, 0.15) is 26.3 Å². The molecule has 2 aromatic carbocycles. The quantitative estimate of drug-likeness (QED) is 0.709. The van der Waals surface area contributed by atoms with Crippen molar-refractivity contribution in [3.8, 4) is 16.9 Å². The maximum Gasteiger partial charge on any atom is 0.328 e. The van der Waals surface area contributed by atoms with Crippen LogP contribution >= 0.6 is 0 Å². The predicted octanol–water partition coefficient (Wildman–Crippen LogP) is 3.99. The molecule has 1 aromatic heterocycles. The Hall–Kier alpha value is -2.49. The molecular weight excluding hydrogens is 312 g/mol. The van der Waals surface area contributed by atoms with Crippen molar-refractivity contribution in [3.05, 3.63) is 52.4 Å². The van der Waals surface area contributed by atoms with E-state index in [0.29, 0.717) is 6.54 Å². The van der Waals surface area contributed by atoms with Crippen molar-refractivity contribution in [2.75, 3.05) is 6.61 Å². The molecule has 0 fully saturated rings. The molecule has 3 aromatic rings. The molecule has 25 heavy (non-hydrogen) atoms. The SMILES string of the molecule is Cn1c(=O)n(CC(C)(C)C)c2ccc(-c3ccc4c(c3)CCO4)cc21. The zero-order valence-electron chi connectivity index (χ0n) is 15.3. The van der Waals surface area contributed by atoms with E-state index in [1.807, 2.05) is 17.7 Å². The number of nitrogens with zero attached hydrogens (tertiary/aromatic N) is 2. The van der Waals surface area contributed by atoms with Crippen LogP contribution in [0.2, 0.25) is 0 Å². The third kappa shape index (κ3) is 2.76. The van der Waals surface area contributed by atoms with Crippen molar-refractivity contribution in [1.29, 1.82) is 0 Å². The fraction of sp³-hybridized carbons (Fsp3) is 0.381. The summed E-state index contributed by atoms with van der Waals surface area (Å²) in [5.41, 5.74) is 5.63. The standard InChI is InChI=1S/C21H24N2O2/c1-21(2,3)13-23-17-7-5-15(12-18(17)22(4)20(23)24)14-6-8-19-16(11-14)9-10-25-19/h5-8,11-12H,9-10,13H2,1-4H3. The van der Waals surface area contributed by atoms with Gasteiger partial charge in [0.1, 0.15) is 5.75 Å². The molecule has 130 valence electrons. The first kappa shape index (κ1) is 16.0. The number of imidazole rings is 1. The average Bonchev–Trinajstić information content (AvgIpc) is 3.12. The highest BCUT2D eigenvalue weighted by Crippen LogP contribution is 2.32. The van der Waals surface area contributed by atoms with Crippen LogP contribution in [0.5, 0.6) is 5.75 Å². The van der Waals surface area contributed by atoms with Gasteiger partial charge >= 0.3 is 5.69 Å². The molecule has 1 aliphatic rings. The Morgan fingerprint density at radius 2 is 1.76 bits per heavy atom. The molecule has 0 amide bonds. The number of rotatable bonds is 2. The second kappa shape index (κ2) is 5.51. The molecule has 0 aliphatic carbocycles. The summed E-state index contributed by atoms with van der Waals surface area (Å²) < 4.78 is 9.23. The van der Waals surface area contributed by atoms with Crippen LogP contribution in [0.4, 0.5) is 0 Å². The van der Waals surface area contributed by atoms with Gasteiger partial charge in [0.05, 0.1) is 17.6 Å². The lowest BCUT2D eigenvalue weighted by Crippen LogP contribution is -2.27. The van der Waals surface area contributed by atoms with E-state index in [1.165, 1.54) is 11.1 Å². The monoisotopic (exact) mass is 336 g/mol. The molecular formula is C21H24N2O2. The number of fused-ring (bicyclic) bond motifs is 2. The molecule has 1 aliphatic heterocycles. The summed E-state index contributed by atoms with van der Waals surface area (Å²) in [5.74, 6) is 0.994. The summed E-state index contributed by atoms with van der Waals surface area (Å²) in [7, 11) is 1.85. The molecule has 0 bridgehead atoms. The lowest BCUT2D eigenvalue weighted by Gasteiger charge is -2.18. The maximum absolute atomic E-state index is 12.7. The Morgan fingerprint density at radius 3 is 2.52 bits per heavy atom. The zero-order valence-corrected chi connectivity index (χ0v) is 15.3. The van der Waals surface area contributed by atoms with Crippen molar-refractivity contribution in [1.82, 2.24) is 9.13 Å². The molecule has 4 heteroatoms. The van der Waals surface area contributed by atoms with E-state index >= 15 is 0 Å². The van der Waals surface area contributed by atoms with Gasteiger partial charge in [0, 0.05) is 20.0 Å². The number of hydrogen-bond acceptors (Lipinski definition) is 2. The number of aromatic nitrogens is 2. The van der Waals surface area contributed by atoms with Crippen LogP contribution in [-0.2, 0) is 20.0 Å². The second-order valence-corrected chi connectivity index (χ2v) is 8.11. The van der Waals surface area contributed by atoms with Crippen molar-refractivity contribution in [2.24, 2.45) is 12.5 Å². The molecule has 0 saturated carbocycles. The fourth-order valence-corrected chi connectivity index (χ4v) is 3.58. The molecule has 0 N–H and O–H groups in total. The topological polar surface area (TPSA) is 36.2 Å². The van der Waals surface area contributed by atoms with Gasteiger partial charge in [-0.15, -0.1) is 0 Å².